The van der Waals surface area contributed by atoms with Gasteiger partial charge in [0.25, 0.3) is 0 Å². The highest BCUT2D eigenvalue weighted by atomic mass is 16.5. The van der Waals surface area contributed by atoms with E-state index < -0.39 is 0 Å². The second kappa shape index (κ2) is 4.58. The minimum Gasteiger partial charge on any atom is -0.491 e. The molecule has 2 aromatic rings. The van der Waals surface area contributed by atoms with Crippen molar-refractivity contribution in [3.05, 3.63) is 35.5 Å². The van der Waals surface area contributed by atoms with Crippen molar-refractivity contribution in [3.63, 3.8) is 0 Å². The molecule has 1 aliphatic heterocycles. The molecule has 0 unspecified atom stereocenters. The van der Waals surface area contributed by atoms with Crippen LogP contribution in [0.4, 0.5) is 0 Å². The van der Waals surface area contributed by atoms with Crippen LogP contribution >= 0.6 is 0 Å². The summed E-state index contributed by atoms with van der Waals surface area (Å²) in [5.74, 6) is 0.916. The highest BCUT2D eigenvalue weighted by molar-refractivity contribution is 5.84. The van der Waals surface area contributed by atoms with Crippen molar-refractivity contribution in [1.82, 2.24) is 4.98 Å². The van der Waals surface area contributed by atoms with Crippen LogP contribution in [-0.4, -0.2) is 17.7 Å². The number of hydrogen-bond acceptors (Lipinski definition) is 3. The lowest BCUT2D eigenvalue weighted by Gasteiger charge is -2.18. The van der Waals surface area contributed by atoms with Crippen molar-refractivity contribution in [2.45, 2.75) is 33.0 Å². The third-order valence-corrected chi connectivity index (χ3v) is 3.17. The minimum atomic E-state index is 0.193. The van der Waals surface area contributed by atoms with E-state index in [2.05, 4.69) is 11.1 Å². The van der Waals surface area contributed by atoms with Gasteiger partial charge in [-0.05, 0) is 49.6 Å². The molecular weight excluding hydrogens is 226 g/mol. The third-order valence-electron chi connectivity index (χ3n) is 3.17. The average Bonchev–Trinajstić information content (AvgIpc) is 2.38. The summed E-state index contributed by atoms with van der Waals surface area (Å²) in [6, 6.07) is 6.12. The number of benzene rings is 1. The smallest absolute Gasteiger partial charge is 0.120 e. The molecule has 0 radical (unpaired) electrons. The van der Waals surface area contributed by atoms with E-state index in [0.29, 0.717) is 6.61 Å². The lowest BCUT2D eigenvalue weighted by Crippen LogP contribution is -2.11. The molecule has 3 heteroatoms. The van der Waals surface area contributed by atoms with Crippen molar-refractivity contribution in [2.75, 3.05) is 6.61 Å². The van der Waals surface area contributed by atoms with E-state index in [9.17, 15) is 0 Å². The molecule has 3 rings (SSSR count). The van der Waals surface area contributed by atoms with Gasteiger partial charge in [0.05, 0.1) is 24.8 Å². The van der Waals surface area contributed by atoms with Crippen LogP contribution in [0.5, 0.6) is 5.75 Å². The van der Waals surface area contributed by atoms with Crippen molar-refractivity contribution in [1.29, 1.82) is 0 Å². The van der Waals surface area contributed by atoms with E-state index >= 15 is 0 Å². The zero-order valence-electron chi connectivity index (χ0n) is 10.8. The predicted octanol–water partition coefficient (Wildman–Crippen LogP) is 3.09. The fourth-order valence-electron chi connectivity index (χ4n) is 2.39. The summed E-state index contributed by atoms with van der Waals surface area (Å²) in [7, 11) is 0. The normalized spacial score (nSPS) is 14.8. The molecular formula is C15H17NO2. The lowest BCUT2D eigenvalue weighted by atomic mass is 10.00. The molecule has 0 N–H and O–H groups in total. The summed E-state index contributed by atoms with van der Waals surface area (Å²) in [6.45, 7) is 5.54. The van der Waals surface area contributed by atoms with E-state index in [0.717, 1.165) is 24.3 Å². The molecule has 0 saturated carbocycles. The van der Waals surface area contributed by atoms with Crippen LogP contribution in [0.25, 0.3) is 10.9 Å². The Hall–Kier alpha value is -1.61. The summed E-state index contributed by atoms with van der Waals surface area (Å²) >= 11 is 0. The quantitative estimate of drug-likeness (QED) is 0.812. The van der Waals surface area contributed by atoms with Crippen LogP contribution in [0.15, 0.2) is 24.4 Å². The standard InChI is InChI=1S/C15H17NO2/c1-10(2)18-12-3-4-15-14(7-12)13-5-6-17-9-11(13)8-16-15/h3-4,7-8,10H,5-6,9H2,1-2H3. The van der Waals surface area contributed by atoms with E-state index in [1.54, 1.807) is 0 Å². The van der Waals surface area contributed by atoms with Gasteiger partial charge in [-0.3, -0.25) is 4.98 Å². The zero-order valence-corrected chi connectivity index (χ0v) is 10.8. The highest BCUT2D eigenvalue weighted by Gasteiger charge is 2.14. The molecule has 94 valence electrons. The number of fused-ring (bicyclic) bond motifs is 3. The molecule has 1 aromatic heterocycles. The van der Waals surface area contributed by atoms with Gasteiger partial charge in [0, 0.05) is 11.6 Å². The van der Waals surface area contributed by atoms with Crippen LogP contribution < -0.4 is 4.74 Å². The van der Waals surface area contributed by atoms with Gasteiger partial charge in [-0.25, -0.2) is 0 Å². The third kappa shape index (κ3) is 2.06. The highest BCUT2D eigenvalue weighted by Crippen LogP contribution is 2.28. The zero-order chi connectivity index (χ0) is 12.5. The first kappa shape index (κ1) is 11.5. The number of aromatic nitrogens is 1. The second-order valence-corrected chi connectivity index (χ2v) is 4.91. The van der Waals surface area contributed by atoms with Crippen LogP contribution in [0.2, 0.25) is 0 Å². The van der Waals surface area contributed by atoms with Crippen LogP contribution in [0, 0.1) is 0 Å². The molecule has 0 bridgehead atoms. The summed E-state index contributed by atoms with van der Waals surface area (Å²) in [4.78, 5) is 4.48. The molecule has 1 aliphatic rings. The first-order valence-corrected chi connectivity index (χ1v) is 6.39. The number of nitrogens with zero attached hydrogens (tertiary/aromatic N) is 1. The fourth-order valence-corrected chi connectivity index (χ4v) is 2.39. The van der Waals surface area contributed by atoms with Crippen molar-refractivity contribution in [2.24, 2.45) is 0 Å². The maximum atomic E-state index is 5.75. The molecule has 0 fully saturated rings. The molecule has 0 spiro atoms. The van der Waals surface area contributed by atoms with Gasteiger partial charge < -0.3 is 9.47 Å². The summed E-state index contributed by atoms with van der Waals surface area (Å²) in [5, 5.41) is 1.20. The Morgan fingerprint density at radius 2 is 2.22 bits per heavy atom. The first-order valence-electron chi connectivity index (χ1n) is 6.39. The summed E-state index contributed by atoms with van der Waals surface area (Å²) in [6.07, 6.45) is 3.08. The Morgan fingerprint density at radius 1 is 1.33 bits per heavy atom. The Bertz CT molecular complexity index is 578. The maximum absolute atomic E-state index is 5.75. The number of ether oxygens (including phenoxy) is 2. The molecule has 2 heterocycles. The first-order chi connectivity index (χ1) is 8.74. The summed E-state index contributed by atoms with van der Waals surface area (Å²) in [5.41, 5.74) is 3.60. The molecule has 0 amide bonds. The SMILES string of the molecule is CC(C)Oc1ccc2ncc3c(c2c1)CCOC3. The van der Waals surface area contributed by atoms with Crippen LogP contribution in [-0.2, 0) is 17.8 Å². The van der Waals surface area contributed by atoms with Gasteiger partial charge in [0.15, 0.2) is 0 Å². The van der Waals surface area contributed by atoms with Crippen molar-refractivity contribution < 1.29 is 9.47 Å². The Kier molecular flexibility index (Phi) is 2.92. The topological polar surface area (TPSA) is 31.4 Å². The monoisotopic (exact) mass is 243 g/mol. The van der Waals surface area contributed by atoms with E-state index in [4.69, 9.17) is 9.47 Å². The maximum Gasteiger partial charge on any atom is 0.120 e. The van der Waals surface area contributed by atoms with Gasteiger partial charge in [-0.15, -0.1) is 0 Å². The Balaban J connectivity index is 2.12. The predicted molar refractivity (Wildman–Crippen MR) is 70.9 cm³/mol. The van der Waals surface area contributed by atoms with Gasteiger partial charge in [0.2, 0.25) is 0 Å². The van der Waals surface area contributed by atoms with Crippen LogP contribution in [0.3, 0.4) is 0 Å². The number of hydrogen-bond donors (Lipinski definition) is 0. The molecule has 18 heavy (non-hydrogen) atoms. The van der Waals surface area contributed by atoms with Gasteiger partial charge in [-0.1, -0.05) is 0 Å². The molecule has 0 atom stereocenters. The van der Waals surface area contributed by atoms with E-state index in [1.165, 1.54) is 16.5 Å². The van der Waals surface area contributed by atoms with E-state index in [-0.39, 0.29) is 6.10 Å². The van der Waals surface area contributed by atoms with Crippen LogP contribution in [0.1, 0.15) is 25.0 Å². The molecule has 0 saturated heterocycles. The van der Waals surface area contributed by atoms with E-state index in [1.807, 2.05) is 32.2 Å². The summed E-state index contributed by atoms with van der Waals surface area (Å²) < 4.78 is 11.2. The largest absolute Gasteiger partial charge is 0.491 e. The number of pyridine rings is 1. The second-order valence-electron chi connectivity index (χ2n) is 4.91. The fraction of sp³-hybridized carbons (Fsp3) is 0.400. The van der Waals surface area contributed by atoms with Gasteiger partial charge >= 0.3 is 0 Å². The average molecular weight is 243 g/mol. The minimum absolute atomic E-state index is 0.193. The van der Waals surface area contributed by atoms with Crippen molar-refractivity contribution >= 4 is 10.9 Å². The molecule has 3 nitrogen and oxygen atoms in total. The Labute approximate surface area is 107 Å². The van der Waals surface area contributed by atoms with Crippen molar-refractivity contribution in [3.8, 4) is 5.75 Å². The Morgan fingerprint density at radius 3 is 3.06 bits per heavy atom. The lowest BCUT2D eigenvalue weighted by molar-refractivity contribution is 0.111. The number of rotatable bonds is 2. The van der Waals surface area contributed by atoms with Gasteiger partial charge in [-0.2, -0.15) is 0 Å². The molecule has 1 aromatic carbocycles. The van der Waals surface area contributed by atoms with Gasteiger partial charge in [0.1, 0.15) is 5.75 Å². The molecule has 0 aliphatic carbocycles.